The number of amides is 1. The zero-order valence-corrected chi connectivity index (χ0v) is 15.7. The highest BCUT2D eigenvalue weighted by atomic mass is 16.3. The summed E-state index contributed by atoms with van der Waals surface area (Å²) in [6, 6.07) is 15.3. The smallest absolute Gasteiger partial charge is 0.227 e. The van der Waals surface area contributed by atoms with Crippen molar-refractivity contribution >= 4 is 11.6 Å². The Labute approximate surface area is 164 Å². The van der Waals surface area contributed by atoms with Gasteiger partial charge in [0.1, 0.15) is 5.75 Å². The summed E-state index contributed by atoms with van der Waals surface area (Å²) in [5.41, 5.74) is 2.84. The number of rotatable bonds is 5. The van der Waals surface area contributed by atoms with Crippen LogP contribution in [0.4, 0.5) is 5.69 Å². The summed E-state index contributed by atoms with van der Waals surface area (Å²) in [7, 11) is 0. The lowest BCUT2D eigenvalue weighted by molar-refractivity contribution is -0.121. The molecule has 28 heavy (non-hydrogen) atoms. The third kappa shape index (κ3) is 4.23. The minimum absolute atomic E-state index is 0.00849. The maximum Gasteiger partial charge on any atom is 0.227 e. The fourth-order valence-electron chi connectivity index (χ4n) is 3.61. The first-order valence-electron chi connectivity index (χ1n) is 9.57. The van der Waals surface area contributed by atoms with Crippen molar-refractivity contribution in [2.45, 2.75) is 19.4 Å². The van der Waals surface area contributed by atoms with Gasteiger partial charge in [-0.25, -0.2) is 4.98 Å². The Morgan fingerprint density at radius 2 is 1.86 bits per heavy atom. The number of anilines is 1. The van der Waals surface area contributed by atoms with Crippen LogP contribution in [0.2, 0.25) is 0 Å². The molecule has 6 nitrogen and oxygen atoms in total. The van der Waals surface area contributed by atoms with E-state index < -0.39 is 0 Å². The molecule has 1 amide bonds. The quantitative estimate of drug-likeness (QED) is 0.670. The summed E-state index contributed by atoms with van der Waals surface area (Å²) in [5.74, 6) is 0.0812. The maximum absolute atomic E-state index is 12.5. The Morgan fingerprint density at radius 1 is 1.11 bits per heavy atom. The molecular formula is C22H24N4O2. The number of carbonyl (C=O) groups excluding carboxylic acids is 1. The predicted molar refractivity (Wildman–Crippen MR) is 108 cm³/mol. The maximum atomic E-state index is 12.5. The molecule has 0 unspecified atom stereocenters. The monoisotopic (exact) mass is 376 g/mol. The number of phenols is 1. The molecule has 0 bridgehead atoms. The second kappa shape index (κ2) is 8.27. The van der Waals surface area contributed by atoms with Gasteiger partial charge in [0.05, 0.1) is 12.0 Å². The number of likely N-dealkylation sites (tertiary alicyclic amines) is 1. The summed E-state index contributed by atoms with van der Waals surface area (Å²) in [4.78, 5) is 18.9. The van der Waals surface area contributed by atoms with Gasteiger partial charge in [-0.2, -0.15) is 0 Å². The van der Waals surface area contributed by atoms with Crippen LogP contribution in [0.1, 0.15) is 18.4 Å². The molecule has 2 heterocycles. The molecule has 144 valence electrons. The molecule has 0 saturated carbocycles. The molecule has 0 atom stereocenters. The first-order chi connectivity index (χ1) is 13.7. The van der Waals surface area contributed by atoms with Crippen molar-refractivity contribution in [3.05, 3.63) is 72.8 Å². The van der Waals surface area contributed by atoms with Gasteiger partial charge in [0.25, 0.3) is 0 Å². The molecule has 2 aromatic carbocycles. The highest BCUT2D eigenvalue weighted by Crippen LogP contribution is 2.25. The number of para-hydroxylation sites is 2. The summed E-state index contributed by atoms with van der Waals surface area (Å²) < 4.78 is 1.98. The van der Waals surface area contributed by atoms with Crippen molar-refractivity contribution in [3.8, 4) is 11.4 Å². The zero-order valence-electron chi connectivity index (χ0n) is 15.7. The number of phenolic OH excluding ortho intramolecular Hbond substituents is 1. The third-order valence-corrected chi connectivity index (χ3v) is 5.27. The molecule has 1 aliphatic heterocycles. The van der Waals surface area contributed by atoms with E-state index in [0.29, 0.717) is 5.69 Å². The van der Waals surface area contributed by atoms with E-state index in [9.17, 15) is 9.90 Å². The van der Waals surface area contributed by atoms with E-state index >= 15 is 0 Å². The van der Waals surface area contributed by atoms with Gasteiger partial charge in [0.15, 0.2) is 0 Å². The van der Waals surface area contributed by atoms with Crippen LogP contribution in [0.25, 0.3) is 5.69 Å². The molecule has 1 saturated heterocycles. The Morgan fingerprint density at radius 3 is 2.54 bits per heavy atom. The molecule has 0 radical (unpaired) electrons. The largest absolute Gasteiger partial charge is 0.506 e. The van der Waals surface area contributed by atoms with Crippen LogP contribution in [0.5, 0.6) is 5.75 Å². The Kier molecular flexibility index (Phi) is 5.39. The Bertz CT molecular complexity index is 914. The number of nitrogens with one attached hydrogen (secondary N) is 1. The number of aromatic nitrogens is 2. The van der Waals surface area contributed by atoms with Gasteiger partial charge in [0, 0.05) is 30.5 Å². The normalized spacial score (nSPS) is 15.4. The standard InChI is InChI=1S/C22H24N4O2/c27-21-4-2-1-3-20(21)24-22(28)18-9-12-25(13-10-18)15-17-5-7-19(8-6-17)26-14-11-23-16-26/h1-8,11,14,16,18,27H,9-10,12-13,15H2,(H,24,28). The van der Waals surface area contributed by atoms with Crippen molar-refractivity contribution < 1.29 is 9.90 Å². The molecule has 1 aromatic heterocycles. The first kappa shape index (κ1) is 18.3. The van der Waals surface area contributed by atoms with Gasteiger partial charge < -0.3 is 15.0 Å². The number of hydrogen-bond acceptors (Lipinski definition) is 4. The molecule has 2 N–H and O–H groups in total. The Balaban J connectivity index is 1.28. The van der Waals surface area contributed by atoms with Crippen molar-refractivity contribution in [3.63, 3.8) is 0 Å². The molecule has 1 aliphatic rings. The topological polar surface area (TPSA) is 70.4 Å². The summed E-state index contributed by atoms with van der Waals surface area (Å²) in [6.07, 6.45) is 7.15. The molecule has 6 heteroatoms. The second-order valence-electron chi connectivity index (χ2n) is 7.19. The SMILES string of the molecule is O=C(Nc1ccccc1O)C1CCN(Cc2ccc(-n3ccnc3)cc2)CC1. The van der Waals surface area contributed by atoms with Crippen molar-refractivity contribution in [1.82, 2.24) is 14.5 Å². The number of nitrogens with zero attached hydrogens (tertiary/aromatic N) is 3. The lowest BCUT2D eigenvalue weighted by Crippen LogP contribution is -2.37. The summed E-state index contributed by atoms with van der Waals surface area (Å²) in [6.45, 7) is 2.67. The molecule has 3 aromatic rings. The fraction of sp³-hybridized carbons (Fsp3) is 0.273. The zero-order chi connectivity index (χ0) is 19.3. The average molecular weight is 376 g/mol. The van der Waals surface area contributed by atoms with Crippen LogP contribution in [0.3, 0.4) is 0 Å². The van der Waals surface area contributed by atoms with Gasteiger partial charge in [-0.3, -0.25) is 9.69 Å². The van der Waals surface area contributed by atoms with E-state index in [2.05, 4.69) is 39.5 Å². The van der Waals surface area contributed by atoms with Crippen molar-refractivity contribution in [2.75, 3.05) is 18.4 Å². The van der Waals surface area contributed by atoms with E-state index in [1.165, 1.54) is 5.56 Å². The van der Waals surface area contributed by atoms with Crippen LogP contribution in [0.15, 0.2) is 67.3 Å². The number of piperidine rings is 1. The molecular weight excluding hydrogens is 352 g/mol. The van der Waals surface area contributed by atoms with Crippen LogP contribution in [-0.4, -0.2) is 38.6 Å². The van der Waals surface area contributed by atoms with Gasteiger partial charge in [-0.05, 0) is 55.8 Å². The summed E-state index contributed by atoms with van der Waals surface area (Å²) in [5, 5.41) is 12.7. The molecule has 4 rings (SSSR count). The van der Waals surface area contributed by atoms with Crippen molar-refractivity contribution in [1.29, 1.82) is 0 Å². The first-order valence-corrected chi connectivity index (χ1v) is 9.57. The van der Waals surface area contributed by atoms with E-state index in [0.717, 1.165) is 38.2 Å². The lowest BCUT2D eigenvalue weighted by atomic mass is 9.95. The minimum Gasteiger partial charge on any atom is -0.506 e. The molecule has 1 fully saturated rings. The van der Waals surface area contributed by atoms with Crippen LogP contribution in [0, 0.1) is 5.92 Å². The van der Waals surface area contributed by atoms with Gasteiger partial charge >= 0.3 is 0 Å². The molecule has 0 aliphatic carbocycles. The third-order valence-electron chi connectivity index (χ3n) is 5.27. The van der Waals surface area contributed by atoms with E-state index in [1.54, 1.807) is 36.8 Å². The lowest BCUT2D eigenvalue weighted by Gasteiger charge is -2.31. The second-order valence-corrected chi connectivity index (χ2v) is 7.19. The number of imidazole rings is 1. The highest BCUT2D eigenvalue weighted by Gasteiger charge is 2.25. The number of carbonyl (C=O) groups is 1. The van der Waals surface area contributed by atoms with Crippen molar-refractivity contribution in [2.24, 2.45) is 5.92 Å². The van der Waals surface area contributed by atoms with Gasteiger partial charge in [0.2, 0.25) is 5.91 Å². The number of aromatic hydroxyl groups is 1. The van der Waals surface area contributed by atoms with Gasteiger partial charge in [-0.1, -0.05) is 24.3 Å². The van der Waals surface area contributed by atoms with Crippen LogP contribution < -0.4 is 5.32 Å². The van der Waals surface area contributed by atoms with E-state index in [1.807, 2.05) is 10.8 Å². The van der Waals surface area contributed by atoms with Gasteiger partial charge in [-0.15, -0.1) is 0 Å². The van der Waals surface area contributed by atoms with E-state index in [-0.39, 0.29) is 17.6 Å². The summed E-state index contributed by atoms with van der Waals surface area (Å²) >= 11 is 0. The van der Waals surface area contributed by atoms with E-state index in [4.69, 9.17) is 0 Å². The number of benzene rings is 2. The van der Waals surface area contributed by atoms with Crippen LogP contribution in [-0.2, 0) is 11.3 Å². The van der Waals surface area contributed by atoms with Crippen LogP contribution >= 0.6 is 0 Å². The fourth-order valence-corrected chi connectivity index (χ4v) is 3.61. The Hall–Kier alpha value is -3.12. The highest BCUT2D eigenvalue weighted by molar-refractivity contribution is 5.93. The minimum atomic E-state index is -0.0144. The predicted octanol–water partition coefficient (Wildman–Crippen LogP) is 3.43. The molecule has 0 spiro atoms. The number of hydrogen-bond donors (Lipinski definition) is 2. The average Bonchev–Trinajstić information content (AvgIpc) is 3.26.